The molecule has 1 N–H and O–H groups in total. The zero-order chi connectivity index (χ0) is 16.4. The molecular formula is C16H18N4O2S. The quantitative estimate of drug-likeness (QED) is 0.857. The zero-order valence-corrected chi connectivity index (χ0v) is 13.9. The third-order valence-electron chi connectivity index (χ3n) is 3.71. The van der Waals surface area contributed by atoms with Crippen LogP contribution >= 0.6 is 11.8 Å². The first-order valence-electron chi connectivity index (χ1n) is 7.33. The maximum Gasteiger partial charge on any atom is 0.267 e. The fraction of sp³-hybridized carbons (Fsp3) is 0.312. The molecule has 0 saturated heterocycles. The van der Waals surface area contributed by atoms with Crippen LogP contribution in [0.2, 0.25) is 0 Å². The first-order valence-corrected chi connectivity index (χ1v) is 8.32. The molecule has 0 unspecified atom stereocenters. The van der Waals surface area contributed by atoms with E-state index in [1.807, 2.05) is 43.3 Å². The molecule has 6 nitrogen and oxygen atoms in total. The Labute approximate surface area is 138 Å². The highest BCUT2D eigenvalue weighted by atomic mass is 32.2. The molecule has 0 fully saturated rings. The summed E-state index contributed by atoms with van der Waals surface area (Å²) < 4.78 is 1.56. The summed E-state index contributed by atoms with van der Waals surface area (Å²) in [4.78, 5) is 30.7. The highest BCUT2D eigenvalue weighted by Crippen LogP contribution is 2.20. The predicted octanol–water partition coefficient (Wildman–Crippen LogP) is 1.34. The molecule has 0 spiro atoms. The van der Waals surface area contributed by atoms with Crippen molar-refractivity contribution in [1.29, 1.82) is 0 Å². The van der Waals surface area contributed by atoms with Gasteiger partial charge in [-0.15, -0.1) is 0 Å². The second kappa shape index (κ2) is 6.45. The van der Waals surface area contributed by atoms with Gasteiger partial charge < -0.3 is 10.2 Å². The van der Waals surface area contributed by atoms with Crippen LogP contribution in [0, 0.1) is 0 Å². The molecule has 1 aromatic heterocycles. The molecule has 1 aliphatic rings. The van der Waals surface area contributed by atoms with E-state index in [1.54, 1.807) is 4.57 Å². The molecule has 7 heteroatoms. The smallest absolute Gasteiger partial charge is 0.267 e. The molecule has 0 radical (unpaired) electrons. The fourth-order valence-electron chi connectivity index (χ4n) is 2.36. The number of thioether (sulfide) groups is 1. The average molecular weight is 330 g/mol. The monoisotopic (exact) mass is 330 g/mol. The van der Waals surface area contributed by atoms with Crippen LogP contribution < -0.4 is 15.8 Å². The van der Waals surface area contributed by atoms with Gasteiger partial charge in [-0.05, 0) is 17.7 Å². The Kier molecular flexibility index (Phi) is 4.38. The minimum absolute atomic E-state index is 0.0983. The summed E-state index contributed by atoms with van der Waals surface area (Å²) in [5, 5.41) is 3.47. The number of anilines is 1. The Bertz CT molecular complexity index is 784. The van der Waals surface area contributed by atoms with Gasteiger partial charge in [-0.25, -0.2) is 4.98 Å². The second-order valence-electron chi connectivity index (χ2n) is 5.50. The minimum Gasteiger partial charge on any atom is -0.378 e. The normalized spacial score (nSPS) is 12.8. The number of fused-ring (bicyclic) bond motifs is 1. The van der Waals surface area contributed by atoms with Gasteiger partial charge in [0.05, 0.1) is 0 Å². The molecule has 120 valence electrons. The van der Waals surface area contributed by atoms with Crippen molar-refractivity contribution in [1.82, 2.24) is 14.9 Å². The molecule has 1 aliphatic heterocycles. The number of hydrogen-bond acceptors (Lipinski definition) is 5. The lowest BCUT2D eigenvalue weighted by molar-refractivity contribution is 0.0948. The summed E-state index contributed by atoms with van der Waals surface area (Å²) in [6, 6.07) is 7.90. The van der Waals surface area contributed by atoms with Gasteiger partial charge in [-0.2, -0.15) is 0 Å². The molecule has 0 atom stereocenters. The molecule has 2 heterocycles. The van der Waals surface area contributed by atoms with Gasteiger partial charge in [0.15, 0.2) is 5.16 Å². The van der Waals surface area contributed by atoms with Crippen molar-refractivity contribution >= 4 is 23.4 Å². The number of benzene rings is 1. The number of aromatic nitrogens is 2. The fourth-order valence-corrected chi connectivity index (χ4v) is 3.28. The predicted molar refractivity (Wildman–Crippen MR) is 91.2 cm³/mol. The van der Waals surface area contributed by atoms with E-state index in [2.05, 4.69) is 10.3 Å². The highest BCUT2D eigenvalue weighted by molar-refractivity contribution is 7.99. The molecule has 1 aromatic carbocycles. The maximum absolute atomic E-state index is 12.3. The number of carbonyl (C=O) groups is 1. The number of carbonyl (C=O) groups excluding carboxylic acids is 1. The Morgan fingerprint density at radius 3 is 2.78 bits per heavy atom. The summed E-state index contributed by atoms with van der Waals surface area (Å²) in [6.07, 6.45) is 1.37. The highest BCUT2D eigenvalue weighted by Gasteiger charge is 2.19. The lowest BCUT2D eigenvalue weighted by Crippen LogP contribution is -2.33. The van der Waals surface area contributed by atoms with Crippen molar-refractivity contribution < 1.29 is 4.79 Å². The van der Waals surface area contributed by atoms with Gasteiger partial charge in [0.2, 0.25) is 0 Å². The first-order chi connectivity index (χ1) is 11.1. The van der Waals surface area contributed by atoms with Crippen molar-refractivity contribution in [2.45, 2.75) is 18.2 Å². The Morgan fingerprint density at radius 1 is 1.35 bits per heavy atom. The van der Waals surface area contributed by atoms with Crippen LogP contribution in [0.15, 0.2) is 40.4 Å². The van der Waals surface area contributed by atoms with E-state index in [0.717, 1.165) is 17.0 Å². The van der Waals surface area contributed by atoms with Gasteiger partial charge in [0, 0.05) is 44.8 Å². The summed E-state index contributed by atoms with van der Waals surface area (Å²) >= 11 is 1.53. The lowest BCUT2D eigenvalue weighted by atomic mass is 10.2. The van der Waals surface area contributed by atoms with Gasteiger partial charge in [0.1, 0.15) is 5.56 Å². The van der Waals surface area contributed by atoms with Crippen LogP contribution in [0.25, 0.3) is 0 Å². The third kappa shape index (κ3) is 3.24. The van der Waals surface area contributed by atoms with Gasteiger partial charge in [-0.3, -0.25) is 14.2 Å². The standard InChI is InChI=1S/C16H18N4O2S/c1-19(2)12-5-3-11(4-6-12)9-17-14(21)13-10-18-16-20(15(13)22)7-8-23-16/h3-6,10H,7-9H2,1-2H3,(H,17,21). The van der Waals surface area contributed by atoms with E-state index in [0.29, 0.717) is 18.2 Å². The van der Waals surface area contributed by atoms with Crippen molar-refractivity contribution in [2.24, 2.45) is 0 Å². The second-order valence-corrected chi connectivity index (χ2v) is 6.57. The zero-order valence-electron chi connectivity index (χ0n) is 13.1. The van der Waals surface area contributed by atoms with E-state index >= 15 is 0 Å². The lowest BCUT2D eigenvalue weighted by Gasteiger charge is -2.13. The molecule has 0 aliphatic carbocycles. The van der Waals surface area contributed by atoms with Crippen molar-refractivity contribution in [3.63, 3.8) is 0 Å². The Balaban J connectivity index is 1.69. The van der Waals surface area contributed by atoms with E-state index < -0.39 is 0 Å². The number of amides is 1. The van der Waals surface area contributed by atoms with Crippen LogP contribution in [0.5, 0.6) is 0 Å². The van der Waals surface area contributed by atoms with Crippen molar-refractivity contribution in [3.05, 3.63) is 51.9 Å². The number of nitrogens with one attached hydrogen (secondary N) is 1. The molecule has 0 bridgehead atoms. The molecule has 1 amide bonds. The van der Waals surface area contributed by atoms with E-state index in [-0.39, 0.29) is 17.0 Å². The third-order valence-corrected chi connectivity index (χ3v) is 4.68. The van der Waals surface area contributed by atoms with Crippen molar-refractivity contribution in [2.75, 3.05) is 24.7 Å². The molecule has 3 rings (SSSR count). The van der Waals surface area contributed by atoms with E-state index in [4.69, 9.17) is 0 Å². The average Bonchev–Trinajstić information content (AvgIpc) is 3.03. The summed E-state index contributed by atoms with van der Waals surface area (Å²) in [5.41, 5.74) is 1.91. The Hall–Kier alpha value is -2.28. The van der Waals surface area contributed by atoms with E-state index in [9.17, 15) is 9.59 Å². The Morgan fingerprint density at radius 2 is 2.09 bits per heavy atom. The topological polar surface area (TPSA) is 67.2 Å². The number of nitrogens with zero attached hydrogens (tertiary/aromatic N) is 3. The largest absolute Gasteiger partial charge is 0.378 e. The van der Waals surface area contributed by atoms with Gasteiger partial charge in [-0.1, -0.05) is 23.9 Å². The summed E-state index contributed by atoms with van der Waals surface area (Å²) in [5.74, 6) is 0.442. The SMILES string of the molecule is CN(C)c1ccc(CNC(=O)c2cnc3n(c2=O)CCS3)cc1. The first kappa shape index (κ1) is 15.6. The number of hydrogen-bond donors (Lipinski definition) is 1. The number of rotatable bonds is 4. The molecule has 0 saturated carbocycles. The van der Waals surface area contributed by atoms with Gasteiger partial charge >= 0.3 is 0 Å². The van der Waals surface area contributed by atoms with Crippen molar-refractivity contribution in [3.8, 4) is 0 Å². The summed E-state index contributed by atoms with van der Waals surface area (Å²) in [7, 11) is 3.95. The van der Waals surface area contributed by atoms with Gasteiger partial charge in [0.25, 0.3) is 11.5 Å². The molecule has 23 heavy (non-hydrogen) atoms. The maximum atomic E-state index is 12.3. The molecular weight excluding hydrogens is 312 g/mol. The minimum atomic E-state index is -0.383. The van der Waals surface area contributed by atoms with E-state index in [1.165, 1.54) is 18.0 Å². The molecule has 2 aromatic rings. The summed E-state index contributed by atoms with van der Waals surface area (Å²) in [6.45, 7) is 0.988. The van der Waals surface area contributed by atoms with Crippen LogP contribution in [0.3, 0.4) is 0 Å². The van der Waals surface area contributed by atoms with Crippen LogP contribution in [0.1, 0.15) is 15.9 Å². The van der Waals surface area contributed by atoms with Crippen LogP contribution in [-0.2, 0) is 13.1 Å². The van der Waals surface area contributed by atoms with Crippen LogP contribution in [-0.4, -0.2) is 35.3 Å². The van der Waals surface area contributed by atoms with Crippen LogP contribution in [0.4, 0.5) is 5.69 Å².